The molecule has 0 aliphatic rings. The molecule has 1 aromatic rings. The third-order valence-corrected chi connectivity index (χ3v) is 2.76. The summed E-state index contributed by atoms with van der Waals surface area (Å²) in [5.74, 6) is 0. The Balaban J connectivity index is 3.01. The van der Waals surface area contributed by atoms with Gasteiger partial charge in [-0.2, -0.15) is 0 Å². The van der Waals surface area contributed by atoms with Crippen LogP contribution in [0.25, 0.3) is 0 Å². The molecule has 48 valence electrons. The Kier molecular flexibility index (Phi) is 2.98. The van der Waals surface area contributed by atoms with E-state index in [0.29, 0.717) is 0 Å². The first-order valence-corrected chi connectivity index (χ1v) is 4.84. The first-order valence-electron chi connectivity index (χ1n) is 2.64. The minimum atomic E-state index is 0.951. The molecule has 1 rings (SSSR count). The van der Waals surface area contributed by atoms with Gasteiger partial charge in [-0.1, -0.05) is 34.1 Å². The predicted octanol–water partition coefficient (Wildman–Crippen LogP) is 3.19. The van der Waals surface area contributed by atoms with Crippen molar-refractivity contribution in [1.82, 2.24) is 0 Å². The van der Waals surface area contributed by atoms with Crippen LogP contribution in [-0.4, -0.2) is 0 Å². The third-order valence-electron chi connectivity index (χ3n) is 1.10. The zero-order valence-corrected chi connectivity index (χ0v) is 8.52. The second-order valence-electron chi connectivity index (χ2n) is 1.73. The molecule has 9 heavy (non-hydrogen) atoms. The molecule has 0 unspecified atom stereocenters. The summed E-state index contributed by atoms with van der Waals surface area (Å²) in [6.45, 7) is 0. The zero-order chi connectivity index (χ0) is 6.69. The van der Waals surface area contributed by atoms with E-state index in [4.69, 9.17) is 0 Å². The van der Waals surface area contributed by atoms with Crippen molar-refractivity contribution < 1.29 is 0 Å². The molecule has 0 bridgehead atoms. The topological polar surface area (TPSA) is 0 Å². The Morgan fingerprint density at radius 1 is 1.33 bits per heavy atom. The van der Waals surface area contributed by atoms with Crippen molar-refractivity contribution in [2.45, 2.75) is 5.33 Å². The Hall–Kier alpha value is 0.430. The maximum absolute atomic E-state index is 3.40. The Morgan fingerprint density at radius 2 is 2.00 bits per heavy atom. The van der Waals surface area contributed by atoms with Gasteiger partial charge in [0.2, 0.25) is 0 Å². The smallest absolute Gasteiger partial charge is 0.0293 e. The SMILES string of the molecule is BrCc1ccccc1I. The van der Waals surface area contributed by atoms with Crippen molar-refractivity contribution in [2.24, 2.45) is 0 Å². The average Bonchev–Trinajstić information content (AvgIpc) is 1.89. The molecule has 0 aromatic heterocycles. The molecule has 0 amide bonds. The molecule has 2 heteroatoms. The van der Waals surface area contributed by atoms with E-state index >= 15 is 0 Å². The quantitative estimate of drug-likeness (QED) is 0.551. The van der Waals surface area contributed by atoms with Crippen LogP contribution >= 0.6 is 38.5 Å². The summed E-state index contributed by atoms with van der Waals surface area (Å²) < 4.78 is 1.33. The highest BCUT2D eigenvalue weighted by Gasteiger charge is 1.92. The van der Waals surface area contributed by atoms with Crippen molar-refractivity contribution in [1.29, 1.82) is 0 Å². The molecule has 0 radical (unpaired) electrons. The van der Waals surface area contributed by atoms with Crippen LogP contribution < -0.4 is 0 Å². The lowest BCUT2D eigenvalue weighted by atomic mass is 10.2. The largest absolute Gasteiger partial charge is 0.0876 e. The first-order chi connectivity index (χ1) is 4.34. The van der Waals surface area contributed by atoms with Gasteiger partial charge >= 0.3 is 0 Å². The molecule has 0 aliphatic heterocycles. The van der Waals surface area contributed by atoms with E-state index in [1.54, 1.807) is 0 Å². The van der Waals surface area contributed by atoms with Crippen molar-refractivity contribution >= 4 is 38.5 Å². The van der Waals surface area contributed by atoms with Crippen LogP contribution in [0.3, 0.4) is 0 Å². The standard InChI is InChI=1S/C7H6BrI/c8-5-6-3-1-2-4-7(6)9/h1-4H,5H2. The zero-order valence-electron chi connectivity index (χ0n) is 4.77. The van der Waals surface area contributed by atoms with Crippen LogP contribution in [0.5, 0.6) is 0 Å². The molecular weight excluding hydrogens is 291 g/mol. The summed E-state index contributed by atoms with van der Waals surface area (Å²) in [7, 11) is 0. The molecule has 0 saturated carbocycles. The number of rotatable bonds is 1. The molecule has 0 atom stereocenters. The van der Waals surface area contributed by atoms with Crippen LogP contribution in [0.4, 0.5) is 0 Å². The fourth-order valence-electron chi connectivity index (χ4n) is 0.607. The second kappa shape index (κ2) is 3.56. The highest BCUT2D eigenvalue weighted by molar-refractivity contribution is 14.1. The first kappa shape index (κ1) is 7.54. The highest BCUT2D eigenvalue weighted by atomic mass is 127. The van der Waals surface area contributed by atoms with Gasteiger partial charge in [-0.3, -0.25) is 0 Å². The number of halogens is 2. The van der Waals surface area contributed by atoms with Crippen molar-refractivity contribution in [3.05, 3.63) is 33.4 Å². The maximum atomic E-state index is 3.40. The maximum Gasteiger partial charge on any atom is 0.0293 e. The summed E-state index contributed by atoms with van der Waals surface area (Å²) >= 11 is 5.73. The average molecular weight is 297 g/mol. The van der Waals surface area contributed by atoms with Gasteiger partial charge < -0.3 is 0 Å². The number of alkyl halides is 1. The highest BCUT2D eigenvalue weighted by Crippen LogP contribution is 2.13. The molecule has 0 spiro atoms. The van der Waals surface area contributed by atoms with Crippen molar-refractivity contribution in [3.8, 4) is 0 Å². The molecule has 0 fully saturated rings. The van der Waals surface area contributed by atoms with Gasteiger partial charge in [0.05, 0.1) is 0 Å². The van der Waals surface area contributed by atoms with Gasteiger partial charge in [-0.15, -0.1) is 0 Å². The van der Waals surface area contributed by atoms with Gasteiger partial charge in [-0.25, -0.2) is 0 Å². The summed E-state index contributed by atoms with van der Waals surface area (Å²) in [5, 5.41) is 0.951. The van der Waals surface area contributed by atoms with E-state index in [-0.39, 0.29) is 0 Å². The van der Waals surface area contributed by atoms with Gasteiger partial charge in [0.1, 0.15) is 0 Å². The summed E-state index contributed by atoms with van der Waals surface area (Å²) in [4.78, 5) is 0. The normalized spacial score (nSPS) is 9.56. The Labute approximate surface area is 76.9 Å². The molecule has 0 saturated heterocycles. The van der Waals surface area contributed by atoms with Crippen LogP contribution in [0.15, 0.2) is 24.3 Å². The molecular formula is C7H6BrI. The van der Waals surface area contributed by atoms with Crippen LogP contribution in [0.1, 0.15) is 5.56 Å². The number of benzene rings is 1. The lowest BCUT2D eigenvalue weighted by Crippen LogP contribution is -1.79. The fraction of sp³-hybridized carbons (Fsp3) is 0.143. The minimum Gasteiger partial charge on any atom is -0.0876 e. The van der Waals surface area contributed by atoms with E-state index < -0.39 is 0 Å². The second-order valence-corrected chi connectivity index (χ2v) is 3.45. The molecule has 0 heterocycles. The predicted molar refractivity (Wildman–Crippen MR) is 51.8 cm³/mol. The van der Waals surface area contributed by atoms with Gasteiger partial charge in [0, 0.05) is 8.90 Å². The van der Waals surface area contributed by atoms with Gasteiger partial charge in [0.15, 0.2) is 0 Å². The molecule has 0 aliphatic carbocycles. The van der Waals surface area contributed by atoms with E-state index in [1.165, 1.54) is 9.13 Å². The third kappa shape index (κ3) is 1.93. The fourth-order valence-corrected chi connectivity index (χ4v) is 2.20. The number of hydrogen-bond acceptors (Lipinski definition) is 0. The van der Waals surface area contributed by atoms with E-state index in [2.05, 4.69) is 56.7 Å². The lowest BCUT2D eigenvalue weighted by molar-refractivity contribution is 1.40. The minimum absolute atomic E-state index is 0.951. The monoisotopic (exact) mass is 296 g/mol. The van der Waals surface area contributed by atoms with E-state index in [0.717, 1.165) is 5.33 Å². The Morgan fingerprint density at radius 3 is 2.44 bits per heavy atom. The Bertz CT molecular complexity index is 198. The lowest BCUT2D eigenvalue weighted by Gasteiger charge is -1.95. The molecule has 1 aromatic carbocycles. The molecule has 0 N–H and O–H groups in total. The molecule has 0 nitrogen and oxygen atoms in total. The van der Waals surface area contributed by atoms with Gasteiger partial charge in [0.25, 0.3) is 0 Å². The van der Waals surface area contributed by atoms with Crippen LogP contribution in [0.2, 0.25) is 0 Å². The summed E-state index contributed by atoms with van der Waals surface area (Å²) in [6, 6.07) is 8.33. The van der Waals surface area contributed by atoms with Crippen LogP contribution in [0, 0.1) is 3.57 Å². The number of hydrogen-bond donors (Lipinski definition) is 0. The van der Waals surface area contributed by atoms with Gasteiger partial charge in [-0.05, 0) is 34.2 Å². The summed E-state index contributed by atoms with van der Waals surface area (Å²) in [5.41, 5.74) is 1.36. The van der Waals surface area contributed by atoms with Crippen molar-refractivity contribution in [2.75, 3.05) is 0 Å². The van der Waals surface area contributed by atoms with E-state index in [1.807, 2.05) is 6.07 Å². The summed E-state index contributed by atoms with van der Waals surface area (Å²) in [6.07, 6.45) is 0. The van der Waals surface area contributed by atoms with Crippen LogP contribution in [-0.2, 0) is 5.33 Å². The van der Waals surface area contributed by atoms with Crippen molar-refractivity contribution in [3.63, 3.8) is 0 Å². The van der Waals surface area contributed by atoms with E-state index in [9.17, 15) is 0 Å².